The van der Waals surface area contributed by atoms with E-state index in [-0.39, 0.29) is 18.1 Å². The van der Waals surface area contributed by atoms with Crippen LogP contribution in [0.5, 0.6) is 0 Å². The number of carbonyl (C=O) groups is 2. The summed E-state index contributed by atoms with van der Waals surface area (Å²) in [5.41, 5.74) is 0.874. The molecule has 0 unspecified atom stereocenters. The molecule has 6 atom stereocenters. The fourth-order valence-electron chi connectivity index (χ4n) is 4.38. The van der Waals surface area contributed by atoms with Gasteiger partial charge in [-0.1, -0.05) is 45.4 Å². The Morgan fingerprint density at radius 3 is 2.47 bits per heavy atom. The van der Waals surface area contributed by atoms with E-state index in [1.807, 2.05) is 32.1 Å². The average Bonchev–Trinajstić information content (AvgIpc) is 3.22. The van der Waals surface area contributed by atoms with Crippen molar-refractivity contribution in [3.8, 4) is 0 Å². The second-order valence-electron chi connectivity index (χ2n) is 10.4. The first-order valence-electron chi connectivity index (χ1n) is 12.4. The van der Waals surface area contributed by atoms with Crippen molar-refractivity contribution in [2.45, 2.75) is 85.7 Å². The molecular formula is C28H41NO7. The van der Waals surface area contributed by atoms with Gasteiger partial charge < -0.3 is 24.1 Å². The quantitative estimate of drug-likeness (QED) is 0.589. The van der Waals surface area contributed by atoms with E-state index in [1.54, 1.807) is 40.7 Å². The van der Waals surface area contributed by atoms with Crippen LogP contribution in [0.25, 0.3) is 6.08 Å². The molecule has 0 saturated carbocycles. The van der Waals surface area contributed by atoms with Crippen LogP contribution < -0.4 is 0 Å². The highest BCUT2D eigenvalue weighted by atomic mass is 16.6. The van der Waals surface area contributed by atoms with Crippen molar-refractivity contribution < 1.29 is 33.7 Å². The molecule has 0 saturated heterocycles. The van der Waals surface area contributed by atoms with Crippen LogP contribution in [0.3, 0.4) is 0 Å². The van der Waals surface area contributed by atoms with Crippen molar-refractivity contribution in [2.24, 2.45) is 17.3 Å². The van der Waals surface area contributed by atoms with Gasteiger partial charge in [-0.25, -0.2) is 4.98 Å². The van der Waals surface area contributed by atoms with Crippen LogP contribution in [-0.4, -0.2) is 58.5 Å². The minimum Gasteiger partial charge on any atom is -0.455 e. The van der Waals surface area contributed by atoms with Crippen molar-refractivity contribution in [3.05, 3.63) is 47.2 Å². The summed E-state index contributed by atoms with van der Waals surface area (Å²) in [5, 5.41) is 21.7. The van der Waals surface area contributed by atoms with Crippen LogP contribution in [0.15, 0.2) is 40.1 Å². The molecule has 0 amide bonds. The maximum absolute atomic E-state index is 13.2. The first-order valence-corrected chi connectivity index (χ1v) is 12.4. The van der Waals surface area contributed by atoms with Crippen molar-refractivity contribution in [1.29, 1.82) is 0 Å². The van der Waals surface area contributed by atoms with E-state index in [2.05, 4.69) is 4.98 Å². The van der Waals surface area contributed by atoms with Gasteiger partial charge in [-0.2, -0.15) is 0 Å². The zero-order chi connectivity index (χ0) is 27.2. The predicted octanol–water partition coefficient (Wildman–Crippen LogP) is 4.20. The Labute approximate surface area is 214 Å². The van der Waals surface area contributed by atoms with Crippen molar-refractivity contribution in [2.75, 3.05) is 7.11 Å². The molecular weight excluding hydrogens is 462 g/mol. The molecule has 1 aromatic heterocycles. The Morgan fingerprint density at radius 2 is 1.89 bits per heavy atom. The largest absolute Gasteiger partial charge is 0.455 e. The number of aryl methyl sites for hydroxylation is 1. The van der Waals surface area contributed by atoms with Gasteiger partial charge in [0.15, 0.2) is 12.0 Å². The molecule has 1 aliphatic heterocycles. The van der Waals surface area contributed by atoms with Gasteiger partial charge in [0.25, 0.3) is 0 Å². The zero-order valence-corrected chi connectivity index (χ0v) is 22.6. The number of ketones is 1. The van der Waals surface area contributed by atoms with Crippen LogP contribution >= 0.6 is 0 Å². The highest BCUT2D eigenvalue weighted by molar-refractivity contribution is 5.88. The summed E-state index contributed by atoms with van der Waals surface area (Å²) < 4.78 is 16.8. The molecule has 200 valence electrons. The maximum atomic E-state index is 13.2. The molecule has 8 nitrogen and oxygen atoms in total. The van der Waals surface area contributed by atoms with Crippen LogP contribution in [-0.2, 0) is 19.1 Å². The molecule has 1 aliphatic rings. The highest BCUT2D eigenvalue weighted by Crippen LogP contribution is 2.32. The monoisotopic (exact) mass is 503 g/mol. The van der Waals surface area contributed by atoms with Gasteiger partial charge >= 0.3 is 5.97 Å². The maximum Gasteiger partial charge on any atom is 0.309 e. The number of allylic oxidation sites excluding steroid dienone is 3. The number of rotatable bonds is 3. The van der Waals surface area contributed by atoms with Crippen molar-refractivity contribution in [1.82, 2.24) is 4.98 Å². The molecule has 0 radical (unpaired) electrons. The molecule has 0 spiro atoms. The first-order chi connectivity index (χ1) is 16.8. The minimum absolute atomic E-state index is 0.180. The third kappa shape index (κ3) is 7.48. The summed E-state index contributed by atoms with van der Waals surface area (Å²) in [6, 6.07) is 0. The molecule has 0 aliphatic carbocycles. The number of carbonyl (C=O) groups excluding carboxylic acids is 2. The third-order valence-electron chi connectivity index (χ3n) is 6.94. The number of aromatic nitrogens is 1. The predicted molar refractivity (Wildman–Crippen MR) is 137 cm³/mol. The standard InChI is InChI=1S/C28H41NO7/c1-16-10-9-11-17(2)25(32)19(4)27(33)28(6,7)23(30)14-24(31)36-26(22(12-16)34-8)18(3)13-21-15-35-20(5)29-21/h9-10,12-13,15,17,19,22-23,25-26,30,32H,11,14H2,1-8H3/b10-9+,16-12+,18-13+/t17-,19+,22-,23-,25-,26+/m0/s1. The molecule has 0 aromatic carbocycles. The Hall–Kier alpha value is -2.55. The van der Waals surface area contributed by atoms with Gasteiger partial charge in [0.1, 0.15) is 23.8 Å². The van der Waals surface area contributed by atoms with E-state index < -0.39 is 41.7 Å². The lowest BCUT2D eigenvalue weighted by molar-refractivity contribution is -0.157. The summed E-state index contributed by atoms with van der Waals surface area (Å²) in [6.07, 6.45) is 5.56. The molecule has 2 N–H and O–H groups in total. The second-order valence-corrected chi connectivity index (χ2v) is 10.4. The smallest absolute Gasteiger partial charge is 0.309 e. The molecule has 8 heteroatoms. The van der Waals surface area contributed by atoms with Crippen LogP contribution in [0, 0.1) is 24.2 Å². The lowest BCUT2D eigenvalue weighted by Gasteiger charge is -2.34. The topological polar surface area (TPSA) is 119 Å². The third-order valence-corrected chi connectivity index (χ3v) is 6.94. The normalized spacial score (nSPS) is 33.5. The number of Topliss-reactive ketones (excluding diaryl/α,β-unsaturated/α-hetero) is 1. The highest BCUT2D eigenvalue weighted by Gasteiger charge is 2.42. The number of aliphatic hydroxyl groups excluding tert-OH is 2. The van der Waals surface area contributed by atoms with Gasteiger partial charge in [0.2, 0.25) is 0 Å². The number of esters is 1. The lowest BCUT2D eigenvalue weighted by Crippen LogP contribution is -2.46. The van der Waals surface area contributed by atoms with Gasteiger partial charge in [-0.3, -0.25) is 9.59 Å². The van der Waals surface area contributed by atoms with Gasteiger partial charge in [0.05, 0.1) is 24.0 Å². The average molecular weight is 504 g/mol. The number of hydrogen-bond donors (Lipinski definition) is 2. The van der Waals surface area contributed by atoms with Crippen molar-refractivity contribution >= 4 is 17.8 Å². The van der Waals surface area contributed by atoms with Crippen LogP contribution in [0.4, 0.5) is 0 Å². The Bertz CT molecular complexity index is 1000. The number of aliphatic hydroxyl groups is 2. The van der Waals surface area contributed by atoms with E-state index in [1.165, 1.54) is 13.4 Å². The summed E-state index contributed by atoms with van der Waals surface area (Å²) in [7, 11) is 1.53. The Balaban J connectivity index is 2.50. The molecule has 2 rings (SSSR count). The summed E-state index contributed by atoms with van der Waals surface area (Å²) in [6.45, 7) is 12.2. The van der Waals surface area contributed by atoms with E-state index in [0.717, 1.165) is 5.57 Å². The molecule has 2 heterocycles. The van der Waals surface area contributed by atoms with Crippen LogP contribution in [0.2, 0.25) is 0 Å². The van der Waals surface area contributed by atoms with Gasteiger partial charge in [-0.15, -0.1) is 0 Å². The molecule has 0 fully saturated rings. The van der Waals surface area contributed by atoms with E-state index in [4.69, 9.17) is 13.9 Å². The second kappa shape index (κ2) is 12.6. The lowest BCUT2D eigenvalue weighted by atomic mass is 9.73. The first kappa shape index (κ1) is 29.7. The fourth-order valence-corrected chi connectivity index (χ4v) is 4.38. The van der Waals surface area contributed by atoms with Gasteiger partial charge in [-0.05, 0) is 43.9 Å². The minimum atomic E-state index is -1.29. The SMILES string of the molecule is CO[C@H]1/C=C(C)/C=C/C[C@H](C)[C@H](O)[C@@H](C)C(=O)C(C)(C)[C@@H](O)CC(=O)O[C@@H]1/C(C)=C/c1coc(C)n1. The van der Waals surface area contributed by atoms with Crippen molar-refractivity contribution in [3.63, 3.8) is 0 Å². The van der Waals surface area contributed by atoms with Crippen LogP contribution in [0.1, 0.15) is 66.0 Å². The number of oxazole rings is 1. The Morgan fingerprint density at radius 1 is 1.22 bits per heavy atom. The number of methoxy groups -OCH3 is 1. The van der Waals surface area contributed by atoms with E-state index in [0.29, 0.717) is 23.6 Å². The van der Waals surface area contributed by atoms with E-state index in [9.17, 15) is 19.8 Å². The molecule has 1 aromatic rings. The Kier molecular flexibility index (Phi) is 10.4. The summed E-state index contributed by atoms with van der Waals surface area (Å²) in [4.78, 5) is 30.5. The summed E-state index contributed by atoms with van der Waals surface area (Å²) in [5.74, 6) is -1.36. The fraction of sp³-hybridized carbons (Fsp3) is 0.607. The summed E-state index contributed by atoms with van der Waals surface area (Å²) >= 11 is 0. The number of hydrogen-bond acceptors (Lipinski definition) is 8. The number of ether oxygens (including phenoxy) is 2. The molecule has 36 heavy (non-hydrogen) atoms. The van der Waals surface area contributed by atoms with E-state index >= 15 is 0 Å². The molecule has 0 bridgehead atoms. The zero-order valence-electron chi connectivity index (χ0n) is 22.6. The number of cyclic esters (lactones) is 1. The number of nitrogens with zero attached hydrogens (tertiary/aromatic N) is 1. The van der Waals surface area contributed by atoms with Gasteiger partial charge in [0, 0.05) is 20.0 Å².